The lowest BCUT2D eigenvalue weighted by Crippen LogP contribution is -2.41. The zero-order valence-corrected chi connectivity index (χ0v) is 15.7. The SMILES string of the molecule is CC(C)(C)C(=O)C(=Nc1cccc(C(F)(F)F)c1)NNc1ccc(Cl)cc1. The highest BCUT2D eigenvalue weighted by molar-refractivity contribution is 6.41. The highest BCUT2D eigenvalue weighted by Crippen LogP contribution is 2.31. The number of hydrogen-bond acceptors (Lipinski definition) is 3. The van der Waals surface area contributed by atoms with E-state index in [-0.39, 0.29) is 17.3 Å². The summed E-state index contributed by atoms with van der Waals surface area (Å²) in [4.78, 5) is 16.7. The summed E-state index contributed by atoms with van der Waals surface area (Å²) in [5.74, 6) is -0.460. The van der Waals surface area contributed by atoms with Crippen LogP contribution in [-0.4, -0.2) is 11.6 Å². The number of hydrazine groups is 1. The summed E-state index contributed by atoms with van der Waals surface area (Å²) in [5.41, 5.74) is 4.51. The Balaban J connectivity index is 2.33. The maximum absolute atomic E-state index is 12.9. The van der Waals surface area contributed by atoms with E-state index in [4.69, 9.17) is 11.6 Å². The van der Waals surface area contributed by atoms with Crippen LogP contribution in [0.3, 0.4) is 0 Å². The molecule has 2 aromatic carbocycles. The smallest absolute Gasteiger partial charge is 0.300 e. The van der Waals surface area contributed by atoms with Gasteiger partial charge in [-0.3, -0.25) is 15.6 Å². The Morgan fingerprint density at radius 1 is 1.04 bits per heavy atom. The molecule has 0 heterocycles. The van der Waals surface area contributed by atoms with Gasteiger partial charge in [-0.15, -0.1) is 0 Å². The van der Waals surface area contributed by atoms with Crippen molar-refractivity contribution in [1.29, 1.82) is 0 Å². The third-order valence-corrected chi connectivity index (χ3v) is 3.73. The van der Waals surface area contributed by atoms with Crippen LogP contribution >= 0.6 is 11.6 Å². The normalized spacial score (nSPS) is 12.6. The Hall–Kier alpha value is -2.54. The number of alkyl halides is 3. The van der Waals surface area contributed by atoms with E-state index < -0.39 is 17.2 Å². The second kappa shape index (κ2) is 8.00. The van der Waals surface area contributed by atoms with Crippen LogP contribution in [0.2, 0.25) is 5.02 Å². The van der Waals surface area contributed by atoms with Gasteiger partial charge in [-0.25, -0.2) is 4.99 Å². The Morgan fingerprint density at radius 2 is 1.67 bits per heavy atom. The molecule has 0 aliphatic carbocycles. The van der Waals surface area contributed by atoms with Crippen LogP contribution in [-0.2, 0) is 11.0 Å². The molecule has 2 rings (SSSR count). The van der Waals surface area contributed by atoms with Crippen LogP contribution in [0.15, 0.2) is 53.5 Å². The lowest BCUT2D eigenvalue weighted by Gasteiger charge is -2.20. The van der Waals surface area contributed by atoms with Gasteiger partial charge in [0.05, 0.1) is 16.9 Å². The molecule has 0 aromatic heterocycles. The number of Topliss-reactive ketones (excluding diaryl/α,β-unsaturated/α-hetero) is 1. The Morgan fingerprint density at radius 3 is 2.22 bits per heavy atom. The molecule has 27 heavy (non-hydrogen) atoms. The van der Waals surface area contributed by atoms with Gasteiger partial charge in [0.2, 0.25) is 5.78 Å². The van der Waals surface area contributed by atoms with E-state index in [1.807, 2.05) is 0 Å². The van der Waals surface area contributed by atoms with Crippen molar-refractivity contribution in [3.63, 3.8) is 0 Å². The molecule has 0 fully saturated rings. The summed E-state index contributed by atoms with van der Waals surface area (Å²) in [6.45, 7) is 5.09. The number of anilines is 1. The topological polar surface area (TPSA) is 53.5 Å². The molecular formula is C19H19ClF3N3O. The van der Waals surface area contributed by atoms with E-state index in [1.54, 1.807) is 45.0 Å². The maximum Gasteiger partial charge on any atom is 0.416 e. The zero-order valence-electron chi connectivity index (χ0n) is 15.0. The average molecular weight is 398 g/mol. The minimum Gasteiger partial charge on any atom is -0.300 e. The highest BCUT2D eigenvalue weighted by Gasteiger charge is 2.31. The molecule has 4 nitrogen and oxygen atoms in total. The summed E-state index contributed by atoms with van der Waals surface area (Å²) in [5, 5.41) is 0.546. The number of rotatable bonds is 4. The van der Waals surface area contributed by atoms with Gasteiger partial charge in [0.1, 0.15) is 0 Å². The van der Waals surface area contributed by atoms with Gasteiger partial charge >= 0.3 is 6.18 Å². The van der Waals surface area contributed by atoms with E-state index in [0.29, 0.717) is 10.7 Å². The Kier molecular flexibility index (Phi) is 6.15. The zero-order chi connectivity index (χ0) is 20.2. The number of benzene rings is 2. The van der Waals surface area contributed by atoms with Crippen LogP contribution in [0.5, 0.6) is 0 Å². The van der Waals surface area contributed by atoms with Crippen LogP contribution in [0.25, 0.3) is 0 Å². The van der Waals surface area contributed by atoms with Gasteiger partial charge in [-0.1, -0.05) is 38.4 Å². The van der Waals surface area contributed by atoms with Crippen LogP contribution in [0, 0.1) is 5.41 Å². The van der Waals surface area contributed by atoms with Gasteiger partial charge in [0.15, 0.2) is 5.84 Å². The van der Waals surface area contributed by atoms with E-state index in [1.165, 1.54) is 12.1 Å². The highest BCUT2D eigenvalue weighted by atomic mass is 35.5. The second-order valence-corrected chi connectivity index (χ2v) is 7.28. The van der Waals surface area contributed by atoms with Crippen molar-refractivity contribution in [3.8, 4) is 0 Å². The molecule has 8 heteroatoms. The fourth-order valence-electron chi connectivity index (χ4n) is 2.04. The number of aliphatic imine (C=N–C) groups is 1. The van der Waals surface area contributed by atoms with Gasteiger partial charge in [0, 0.05) is 10.4 Å². The number of ketones is 1. The van der Waals surface area contributed by atoms with Gasteiger partial charge < -0.3 is 0 Å². The first-order valence-electron chi connectivity index (χ1n) is 8.05. The van der Waals surface area contributed by atoms with Crippen LogP contribution in [0.1, 0.15) is 26.3 Å². The monoisotopic (exact) mass is 397 g/mol. The van der Waals surface area contributed by atoms with Crippen LogP contribution in [0.4, 0.5) is 24.5 Å². The predicted octanol–water partition coefficient (Wildman–Crippen LogP) is 5.62. The number of hydrogen-bond donors (Lipinski definition) is 2. The molecule has 0 saturated carbocycles. The number of carbonyl (C=O) groups excluding carboxylic acids is 1. The van der Waals surface area contributed by atoms with Crippen molar-refractivity contribution in [2.75, 3.05) is 5.43 Å². The minimum absolute atomic E-state index is 0.0165. The summed E-state index contributed by atoms with van der Waals surface area (Å²) in [7, 11) is 0. The maximum atomic E-state index is 12.9. The Labute approximate surface area is 160 Å². The molecule has 144 valence electrons. The summed E-state index contributed by atoms with van der Waals surface area (Å²) >= 11 is 5.83. The quantitative estimate of drug-likeness (QED) is 0.400. The summed E-state index contributed by atoms with van der Waals surface area (Å²) < 4.78 is 38.7. The van der Waals surface area contributed by atoms with Crippen LogP contribution < -0.4 is 10.9 Å². The molecule has 2 N–H and O–H groups in total. The number of nitrogens with one attached hydrogen (secondary N) is 2. The van der Waals surface area contributed by atoms with Crippen molar-refractivity contribution < 1.29 is 18.0 Å². The molecule has 0 saturated heterocycles. The average Bonchev–Trinajstić information content (AvgIpc) is 2.58. The van der Waals surface area contributed by atoms with E-state index in [2.05, 4.69) is 15.8 Å². The first-order chi connectivity index (χ1) is 12.5. The predicted molar refractivity (Wildman–Crippen MR) is 101 cm³/mol. The molecule has 0 atom stereocenters. The number of carbonyl (C=O) groups is 1. The third kappa shape index (κ3) is 5.99. The molecule has 0 unspecified atom stereocenters. The third-order valence-electron chi connectivity index (χ3n) is 3.48. The summed E-state index contributed by atoms with van der Waals surface area (Å²) in [6, 6.07) is 11.1. The lowest BCUT2D eigenvalue weighted by molar-refractivity contribution is -0.137. The van der Waals surface area contributed by atoms with Gasteiger partial charge in [-0.2, -0.15) is 13.2 Å². The number of halogens is 4. The first kappa shape index (κ1) is 20.8. The fraction of sp³-hybridized carbons (Fsp3) is 0.263. The Bertz CT molecular complexity index is 841. The molecule has 0 bridgehead atoms. The van der Waals surface area contributed by atoms with Crippen molar-refractivity contribution >= 4 is 34.6 Å². The summed E-state index contributed by atoms with van der Waals surface area (Å²) in [6.07, 6.45) is -4.49. The van der Waals surface area contributed by atoms with E-state index in [9.17, 15) is 18.0 Å². The minimum atomic E-state index is -4.49. The number of amidine groups is 1. The van der Waals surface area contributed by atoms with E-state index >= 15 is 0 Å². The largest absolute Gasteiger partial charge is 0.416 e. The number of nitrogens with zero attached hydrogens (tertiary/aromatic N) is 1. The second-order valence-electron chi connectivity index (χ2n) is 6.84. The van der Waals surface area contributed by atoms with Crippen molar-refractivity contribution in [2.45, 2.75) is 26.9 Å². The van der Waals surface area contributed by atoms with E-state index in [0.717, 1.165) is 12.1 Å². The molecule has 0 amide bonds. The molecule has 0 radical (unpaired) electrons. The standard InChI is InChI=1S/C19H19ClF3N3O/c1-18(2,3)16(27)17(26-25-14-9-7-13(20)8-10-14)24-15-6-4-5-12(11-15)19(21,22)23/h4-11,25H,1-3H3,(H,24,26). The molecule has 0 spiro atoms. The van der Waals surface area contributed by atoms with Crippen molar-refractivity contribution in [3.05, 3.63) is 59.1 Å². The van der Waals surface area contributed by atoms with Crippen molar-refractivity contribution in [1.82, 2.24) is 5.43 Å². The molecule has 0 aliphatic rings. The first-order valence-corrected chi connectivity index (χ1v) is 8.43. The van der Waals surface area contributed by atoms with Crippen molar-refractivity contribution in [2.24, 2.45) is 10.4 Å². The van der Waals surface area contributed by atoms with Gasteiger partial charge in [-0.05, 0) is 42.5 Å². The fourth-order valence-corrected chi connectivity index (χ4v) is 2.16. The molecular weight excluding hydrogens is 379 g/mol. The van der Waals surface area contributed by atoms with Gasteiger partial charge in [0.25, 0.3) is 0 Å². The molecule has 0 aliphatic heterocycles. The molecule has 2 aromatic rings. The lowest BCUT2D eigenvalue weighted by atomic mass is 9.90.